The average molecular weight is 314 g/mol. The van der Waals surface area contributed by atoms with Crippen LogP contribution < -0.4 is 4.72 Å². The van der Waals surface area contributed by atoms with Crippen LogP contribution >= 0.6 is 0 Å². The Labute approximate surface area is 128 Å². The van der Waals surface area contributed by atoms with Gasteiger partial charge in [-0.15, -0.1) is 0 Å². The van der Waals surface area contributed by atoms with Crippen molar-refractivity contribution in [3.8, 4) is 0 Å². The molecule has 21 heavy (non-hydrogen) atoms. The number of nitrogens with zero attached hydrogens (tertiary/aromatic N) is 1. The standard InChI is InChI=1S/C15H26N2O3S/c1-12(2)17(5)21(18,19)16-10-14-8-6-7-9-15(14)11-20-13(3)4/h6-9,12-13,16H,10-11H2,1-5H3. The summed E-state index contributed by atoms with van der Waals surface area (Å²) in [6.07, 6.45) is 0.141. The molecule has 1 N–H and O–H groups in total. The second kappa shape index (κ2) is 7.89. The van der Waals surface area contributed by atoms with Crippen LogP contribution in [0.1, 0.15) is 38.8 Å². The first-order valence-electron chi connectivity index (χ1n) is 7.15. The predicted octanol–water partition coefficient (Wildman–Crippen LogP) is 2.29. The van der Waals surface area contributed by atoms with Gasteiger partial charge < -0.3 is 4.74 Å². The van der Waals surface area contributed by atoms with E-state index in [0.717, 1.165) is 11.1 Å². The molecule has 0 amide bonds. The molecule has 6 heteroatoms. The Morgan fingerprint density at radius 2 is 1.71 bits per heavy atom. The van der Waals surface area contributed by atoms with Crippen LogP contribution in [0.3, 0.4) is 0 Å². The van der Waals surface area contributed by atoms with Crippen LogP contribution in [0.15, 0.2) is 24.3 Å². The van der Waals surface area contributed by atoms with Gasteiger partial charge in [0.1, 0.15) is 0 Å². The minimum absolute atomic E-state index is 0.0815. The summed E-state index contributed by atoms with van der Waals surface area (Å²) in [5.41, 5.74) is 1.93. The smallest absolute Gasteiger partial charge is 0.279 e. The lowest BCUT2D eigenvalue weighted by molar-refractivity contribution is 0.0652. The molecule has 0 saturated carbocycles. The van der Waals surface area contributed by atoms with Crippen LogP contribution in [-0.2, 0) is 28.1 Å². The van der Waals surface area contributed by atoms with Crippen molar-refractivity contribution in [3.05, 3.63) is 35.4 Å². The minimum atomic E-state index is -3.46. The fourth-order valence-electron chi connectivity index (χ4n) is 1.68. The summed E-state index contributed by atoms with van der Waals surface area (Å²) in [6.45, 7) is 8.37. The molecule has 0 aliphatic rings. The average Bonchev–Trinajstić information content (AvgIpc) is 2.42. The van der Waals surface area contributed by atoms with E-state index < -0.39 is 10.2 Å². The van der Waals surface area contributed by atoms with Crippen LogP contribution in [0.4, 0.5) is 0 Å². The van der Waals surface area contributed by atoms with Gasteiger partial charge in [-0.05, 0) is 38.8 Å². The summed E-state index contributed by atoms with van der Waals surface area (Å²) in [5.74, 6) is 0. The van der Waals surface area contributed by atoms with Gasteiger partial charge in [-0.3, -0.25) is 0 Å². The Morgan fingerprint density at radius 3 is 2.24 bits per heavy atom. The molecule has 0 radical (unpaired) electrons. The molecule has 0 atom stereocenters. The van der Waals surface area contributed by atoms with Crippen molar-refractivity contribution in [1.82, 2.24) is 9.03 Å². The molecule has 1 aromatic rings. The van der Waals surface area contributed by atoms with Crippen molar-refractivity contribution in [3.63, 3.8) is 0 Å². The Bertz CT molecular complexity index is 542. The van der Waals surface area contributed by atoms with E-state index in [9.17, 15) is 8.42 Å². The van der Waals surface area contributed by atoms with E-state index in [4.69, 9.17) is 4.74 Å². The van der Waals surface area contributed by atoms with Crippen LogP contribution in [0.25, 0.3) is 0 Å². The third-order valence-corrected chi connectivity index (χ3v) is 4.93. The molecule has 0 aliphatic carbocycles. The largest absolute Gasteiger partial charge is 0.374 e. The molecule has 1 rings (SSSR count). The first-order chi connectivity index (χ1) is 9.74. The molecule has 120 valence electrons. The molecule has 0 spiro atoms. The van der Waals surface area contributed by atoms with Gasteiger partial charge in [0.25, 0.3) is 10.2 Å². The summed E-state index contributed by atoms with van der Waals surface area (Å²) < 4.78 is 33.8. The Kier molecular flexibility index (Phi) is 6.80. The molecular formula is C15H26N2O3S. The van der Waals surface area contributed by atoms with E-state index in [0.29, 0.717) is 6.61 Å². The molecule has 0 unspecified atom stereocenters. The third-order valence-electron chi connectivity index (χ3n) is 3.24. The summed E-state index contributed by atoms with van der Waals surface area (Å²) in [6, 6.07) is 7.61. The van der Waals surface area contributed by atoms with Crippen molar-refractivity contribution in [1.29, 1.82) is 0 Å². The molecule has 0 bridgehead atoms. The van der Waals surface area contributed by atoms with E-state index in [2.05, 4.69) is 4.72 Å². The molecular weight excluding hydrogens is 288 g/mol. The Hall–Kier alpha value is -0.950. The van der Waals surface area contributed by atoms with Crippen LogP contribution in [-0.4, -0.2) is 31.9 Å². The summed E-state index contributed by atoms with van der Waals surface area (Å²) in [4.78, 5) is 0. The van der Waals surface area contributed by atoms with E-state index in [-0.39, 0.29) is 18.7 Å². The molecule has 0 heterocycles. The van der Waals surface area contributed by atoms with Crippen LogP contribution in [0.2, 0.25) is 0 Å². The molecule has 0 saturated heterocycles. The number of rotatable bonds is 8. The first-order valence-corrected chi connectivity index (χ1v) is 8.59. The molecule has 5 nitrogen and oxygen atoms in total. The maximum absolute atomic E-state index is 12.1. The van der Waals surface area contributed by atoms with Crippen molar-refractivity contribution in [2.45, 2.75) is 53.0 Å². The maximum Gasteiger partial charge on any atom is 0.279 e. The lowest BCUT2D eigenvalue weighted by Gasteiger charge is -2.21. The van der Waals surface area contributed by atoms with E-state index >= 15 is 0 Å². The second-order valence-electron chi connectivity index (χ2n) is 5.56. The predicted molar refractivity (Wildman–Crippen MR) is 85.0 cm³/mol. The van der Waals surface area contributed by atoms with Gasteiger partial charge in [0.2, 0.25) is 0 Å². The van der Waals surface area contributed by atoms with E-state index in [1.165, 1.54) is 4.31 Å². The highest BCUT2D eigenvalue weighted by atomic mass is 32.2. The number of ether oxygens (including phenoxy) is 1. The van der Waals surface area contributed by atoms with Gasteiger partial charge >= 0.3 is 0 Å². The summed E-state index contributed by atoms with van der Waals surface area (Å²) >= 11 is 0. The highest BCUT2D eigenvalue weighted by Crippen LogP contribution is 2.12. The fraction of sp³-hybridized carbons (Fsp3) is 0.600. The van der Waals surface area contributed by atoms with E-state index in [1.807, 2.05) is 52.0 Å². The lowest BCUT2D eigenvalue weighted by Crippen LogP contribution is -2.41. The van der Waals surface area contributed by atoms with Gasteiger partial charge in [-0.2, -0.15) is 17.4 Å². The summed E-state index contributed by atoms with van der Waals surface area (Å²) in [7, 11) is -1.89. The molecule has 0 aromatic heterocycles. The lowest BCUT2D eigenvalue weighted by atomic mass is 10.1. The van der Waals surface area contributed by atoms with Crippen LogP contribution in [0.5, 0.6) is 0 Å². The van der Waals surface area contributed by atoms with Crippen molar-refractivity contribution in [2.24, 2.45) is 0 Å². The van der Waals surface area contributed by atoms with Gasteiger partial charge in [0.15, 0.2) is 0 Å². The first kappa shape index (κ1) is 18.1. The summed E-state index contributed by atoms with van der Waals surface area (Å²) in [5, 5.41) is 0. The molecule has 1 aromatic carbocycles. The normalized spacial score (nSPS) is 12.6. The van der Waals surface area contributed by atoms with Gasteiger partial charge in [-0.1, -0.05) is 24.3 Å². The quantitative estimate of drug-likeness (QED) is 0.801. The molecule has 0 fully saturated rings. The fourth-order valence-corrected chi connectivity index (χ4v) is 2.77. The molecule has 0 aliphatic heterocycles. The number of hydrogen-bond donors (Lipinski definition) is 1. The zero-order valence-corrected chi connectivity index (χ0v) is 14.3. The SMILES string of the molecule is CC(C)OCc1ccccc1CNS(=O)(=O)N(C)C(C)C. The number of benzene rings is 1. The second-order valence-corrected chi connectivity index (χ2v) is 7.38. The van der Waals surface area contributed by atoms with Crippen molar-refractivity contribution >= 4 is 10.2 Å². The van der Waals surface area contributed by atoms with Crippen molar-refractivity contribution < 1.29 is 13.2 Å². The zero-order chi connectivity index (χ0) is 16.0. The highest BCUT2D eigenvalue weighted by molar-refractivity contribution is 7.87. The minimum Gasteiger partial charge on any atom is -0.374 e. The highest BCUT2D eigenvalue weighted by Gasteiger charge is 2.20. The number of nitrogens with one attached hydrogen (secondary N) is 1. The van der Waals surface area contributed by atoms with Gasteiger partial charge in [0.05, 0.1) is 12.7 Å². The Balaban J connectivity index is 2.75. The monoisotopic (exact) mass is 314 g/mol. The maximum atomic E-state index is 12.1. The number of hydrogen-bond acceptors (Lipinski definition) is 3. The van der Waals surface area contributed by atoms with Gasteiger partial charge in [-0.25, -0.2) is 0 Å². The van der Waals surface area contributed by atoms with Gasteiger partial charge in [0, 0.05) is 19.6 Å². The van der Waals surface area contributed by atoms with Crippen molar-refractivity contribution in [2.75, 3.05) is 7.05 Å². The van der Waals surface area contributed by atoms with E-state index in [1.54, 1.807) is 7.05 Å². The zero-order valence-electron chi connectivity index (χ0n) is 13.5. The van der Waals surface area contributed by atoms with Crippen LogP contribution in [0, 0.1) is 0 Å². The topological polar surface area (TPSA) is 58.6 Å². The third kappa shape index (κ3) is 5.74. The Morgan fingerprint density at radius 1 is 1.14 bits per heavy atom.